The van der Waals surface area contributed by atoms with E-state index in [2.05, 4.69) is 21.3 Å². The fraction of sp³-hybridized carbons (Fsp3) is 0.542. The Bertz CT molecular complexity index is 917. The largest absolute Gasteiger partial charge is 0.480 e. The van der Waals surface area contributed by atoms with Crippen LogP contribution in [0.5, 0.6) is 0 Å². The smallest absolute Gasteiger partial charge is 0.338 e. The van der Waals surface area contributed by atoms with Crippen molar-refractivity contribution in [3.05, 3.63) is 29.8 Å². The van der Waals surface area contributed by atoms with E-state index < -0.39 is 54.5 Å². The average molecular weight is 509 g/mol. The SMILES string of the molecule is CCOC(=O)c1ccc(NC(=O)N[C@@H](CO)C(=O)N[C@@H](CC(C)C)C(=O)N[C@H](C(=O)O)C(C)C)cc1. The van der Waals surface area contributed by atoms with E-state index in [9.17, 15) is 34.2 Å². The molecule has 12 nitrogen and oxygen atoms in total. The van der Waals surface area contributed by atoms with Crippen LogP contribution in [0.2, 0.25) is 0 Å². The highest BCUT2D eigenvalue weighted by Crippen LogP contribution is 2.11. The van der Waals surface area contributed by atoms with Gasteiger partial charge in [-0.2, -0.15) is 0 Å². The minimum Gasteiger partial charge on any atom is -0.480 e. The Morgan fingerprint density at radius 1 is 0.889 bits per heavy atom. The average Bonchev–Trinajstić information content (AvgIpc) is 2.80. The number of hydrogen-bond acceptors (Lipinski definition) is 7. The predicted molar refractivity (Wildman–Crippen MR) is 131 cm³/mol. The van der Waals surface area contributed by atoms with E-state index in [1.807, 2.05) is 13.8 Å². The van der Waals surface area contributed by atoms with Crippen LogP contribution >= 0.6 is 0 Å². The van der Waals surface area contributed by atoms with Crippen LogP contribution in [0.4, 0.5) is 10.5 Å². The molecule has 0 radical (unpaired) electrons. The lowest BCUT2D eigenvalue weighted by Gasteiger charge is -2.26. The van der Waals surface area contributed by atoms with Gasteiger partial charge >= 0.3 is 18.0 Å². The first-order valence-corrected chi connectivity index (χ1v) is 11.7. The molecule has 0 saturated heterocycles. The van der Waals surface area contributed by atoms with Gasteiger partial charge in [0.05, 0.1) is 18.8 Å². The van der Waals surface area contributed by atoms with E-state index in [-0.39, 0.29) is 24.9 Å². The molecule has 0 heterocycles. The lowest BCUT2D eigenvalue weighted by molar-refractivity contribution is -0.143. The molecule has 0 aliphatic carbocycles. The van der Waals surface area contributed by atoms with E-state index in [1.54, 1.807) is 20.8 Å². The summed E-state index contributed by atoms with van der Waals surface area (Å²) in [6.45, 7) is 8.09. The number of esters is 1. The molecule has 36 heavy (non-hydrogen) atoms. The molecular formula is C24H36N4O8. The number of benzene rings is 1. The van der Waals surface area contributed by atoms with Gasteiger partial charge < -0.3 is 36.2 Å². The van der Waals surface area contributed by atoms with E-state index in [0.717, 1.165) is 0 Å². The molecule has 0 aliphatic heterocycles. The summed E-state index contributed by atoms with van der Waals surface area (Å²) >= 11 is 0. The van der Waals surface area contributed by atoms with Crippen molar-refractivity contribution < 1.29 is 38.9 Å². The molecule has 0 aliphatic rings. The summed E-state index contributed by atoms with van der Waals surface area (Å²) in [5.41, 5.74) is 0.621. The van der Waals surface area contributed by atoms with Gasteiger partial charge in [-0.1, -0.05) is 27.7 Å². The van der Waals surface area contributed by atoms with Crippen LogP contribution in [-0.2, 0) is 19.1 Å². The summed E-state index contributed by atoms with van der Waals surface area (Å²) in [7, 11) is 0. The summed E-state index contributed by atoms with van der Waals surface area (Å²) in [5, 5.41) is 28.7. The molecule has 3 atom stereocenters. The molecule has 200 valence electrons. The zero-order valence-electron chi connectivity index (χ0n) is 21.2. The third kappa shape index (κ3) is 9.90. The number of rotatable bonds is 13. The van der Waals surface area contributed by atoms with Gasteiger partial charge in [-0.15, -0.1) is 0 Å². The van der Waals surface area contributed by atoms with Gasteiger partial charge in [-0.05, 0) is 49.4 Å². The molecule has 1 rings (SSSR count). The highest BCUT2D eigenvalue weighted by atomic mass is 16.5. The minimum atomic E-state index is -1.38. The van der Waals surface area contributed by atoms with Crippen molar-refractivity contribution >= 4 is 35.5 Å². The number of urea groups is 1. The fourth-order valence-electron chi connectivity index (χ4n) is 3.17. The van der Waals surface area contributed by atoms with Crippen molar-refractivity contribution in [1.82, 2.24) is 16.0 Å². The van der Waals surface area contributed by atoms with Gasteiger partial charge in [0, 0.05) is 5.69 Å². The number of carbonyl (C=O) groups is 5. The van der Waals surface area contributed by atoms with Crippen LogP contribution < -0.4 is 21.3 Å². The van der Waals surface area contributed by atoms with Gasteiger partial charge in [0.15, 0.2) is 0 Å². The summed E-state index contributed by atoms with van der Waals surface area (Å²) in [6.07, 6.45) is 0.208. The summed E-state index contributed by atoms with van der Waals surface area (Å²) in [5.74, 6) is -3.61. The molecule has 1 aromatic carbocycles. The van der Waals surface area contributed by atoms with E-state index in [1.165, 1.54) is 24.3 Å². The van der Waals surface area contributed by atoms with Crippen molar-refractivity contribution in [3.8, 4) is 0 Å². The number of aliphatic hydroxyl groups is 1. The number of carboxylic acids is 1. The Labute approximate surface area is 210 Å². The van der Waals surface area contributed by atoms with Crippen molar-refractivity contribution in [2.24, 2.45) is 11.8 Å². The van der Waals surface area contributed by atoms with E-state index in [0.29, 0.717) is 11.3 Å². The van der Waals surface area contributed by atoms with Crippen molar-refractivity contribution in [2.75, 3.05) is 18.5 Å². The van der Waals surface area contributed by atoms with Gasteiger partial charge in [0.1, 0.15) is 18.1 Å². The zero-order chi connectivity index (χ0) is 27.4. The highest BCUT2D eigenvalue weighted by Gasteiger charge is 2.31. The number of hydrogen-bond donors (Lipinski definition) is 6. The Kier molecular flexibility index (Phi) is 12.4. The van der Waals surface area contributed by atoms with Crippen LogP contribution in [0.25, 0.3) is 0 Å². The number of carbonyl (C=O) groups excluding carboxylic acids is 4. The molecule has 1 aromatic rings. The first kappa shape index (κ1) is 30.4. The standard InChI is InChI=1S/C24H36N4O8/c1-6-36-23(34)15-7-9-16(10-8-15)25-24(35)27-18(12-29)21(31)26-17(11-13(2)3)20(30)28-19(14(4)5)22(32)33/h7-10,13-14,17-19,29H,6,11-12H2,1-5H3,(H,26,31)(H,28,30)(H,32,33)(H2,25,27,35)/t17-,18-,19-/m0/s1. The summed E-state index contributed by atoms with van der Waals surface area (Å²) in [6, 6.07) is 1.45. The molecule has 0 fully saturated rings. The van der Waals surface area contributed by atoms with Crippen LogP contribution in [-0.4, -0.2) is 71.3 Å². The number of nitrogens with one attached hydrogen (secondary N) is 4. The predicted octanol–water partition coefficient (Wildman–Crippen LogP) is 1.10. The molecule has 0 saturated carbocycles. The molecule has 0 aromatic heterocycles. The number of aliphatic carboxylic acids is 1. The van der Waals surface area contributed by atoms with Crippen LogP contribution in [0, 0.1) is 11.8 Å². The normalized spacial score (nSPS) is 13.3. The quantitative estimate of drug-likeness (QED) is 0.214. The number of carboxylic acid groups (broad SMARTS) is 1. The van der Waals surface area contributed by atoms with Gasteiger partial charge in [0.25, 0.3) is 0 Å². The Hall–Kier alpha value is -3.67. The lowest BCUT2D eigenvalue weighted by atomic mass is 10.00. The maximum Gasteiger partial charge on any atom is 0.338 e. The maximum atomic E-state index is 12.7. The van der Waals surface area contributed by atoms with Crippen LogP contribution in [0.1, 0.15) is 51.4 Å². The molecular weight excluding hydrogens is 472 g/mol. The maximum absolute atomic E-state index is 12.7. The molecule has 0 spiro atoms. The fourth-order valence-corrected chi connectivity index (χ4v) is 3.17. The monoisotopic (exact) mass is 508 g/mol. The number of amides is 4. The Morgan fingerprint density at radius 2 is 1.47 bits per heavy atom. The number of aliphatic hydroxyl groups excluding tert-OH is 1. The second-order valence-electron chi connectivity index (χ2n) is 8.89. The molecule has 0 bridgehead atoms. The van der Waals surface area contributed by atoms with Gasteiger partial charge in [-0.3, -0.25) is 9.59 Å². The second-order valence-corrected chi connectivity index (χ2v) is 8.89. The zero-order valence-corrected chi connectivity index (χ0v) is 21.2. The van der Waals surface area contributed by atoms with Crippen molar-refractivity contribution in [2.45, 2.75) is 59.2 Å². The lowest BCUT2D eigenvalue weighted by Crippen LogP contribution is -2.57. The first-order valence-electron chi connectivity index (χ1n) is 11.7. The molecule has 0 unspecified atom stereocenters. The highest BCUT2D eigenvalue weighted by molar-refractivity contribution is 5.96. The third-order valence-corrected chi connectivity index (χ3v) is 5.03. The van der Waals surface area contributed by atoms with E-state index >= 15 is 0 Å². The number of ether oxygens (including phenoxy) is 1. The van der Waals surface area contributed by atoms with Crippen molar-refractivity contribution in [3.63, 3.8) is 0 Å². The van der Waals surface area contributed by atoms with E-state index in [4.69, 9.17) is 4.74 Å². The Morgan fingerprint density at radius 3 is 1.94 bits per heavy atom. The Balaban J connectivity index is 2.82. The topological polar surface area (TPSA) is 183 Å². The summed E-state index contributed by atoms with van der Waals surface area (Å²) in [4.78, 5) is 61.0. The molecule has 4 amide bonds. The minimum absolute atomic E-state index is 0.0233. The molecule has 6 N–H and O–H groups in total. The number of anilines is 1. The second kappa shape index (κ2) is 14.7. The van der Waals surface area contributed by atoms with Gasteiger partial charge in [0.2, 0.25) is 11.8 Å². The van der Waals surface area contributed by atoms with Crippen LogP contribution in [0.15, 0.2) is 24.3 Å². The van der Waals surface area contributed by atoms with Gasteiger partial charge in [-0.25, -0.2) is 14.4 Å². The third-order valence-electron chi connectivity index (χ3n) is 5.03. The first-order chi connectivity index (χ1) is 16.9. The summed E-state index contributed by atoms with van der Waals surface area (Å²) < 4.78 is 4.89. The molecule has 12 heteroatoms. The van der Waals surface area contributed by atoms with Crippen LogP contribution in [0.3, 0.4) is 0 Å². The van der Waals surface area contributed by atoms with Crippen molar-refractivity contribution in [1.29, 1.82) is 0 Å².